The molecule has 3 unspecified atom stereocenters. The van der Waals surface area contributed by atoms with Gasteiger partial charge in [0, 0.05) is 23.6 Å². The lowest BCUT2D eigenvalue weighted by molar-refractivity contribution is -0.385. The number of nitro groups is 1. The van der Waals surface area contributed by atoms with Gasteiger partial charge in [0.05, 0.1) is 17.6 Å². The maximum Gasteiger partial charge on any atom is 0.272 e. The Kier molecular flexibility index (Phi) is 5.70. The summed E-state index contributed by atoms with van der Waals surface area (Å²) in [6, 6.07) is 7.26. The second kappa shape index (κ2) is 7.52. The van der Waals surface area contributed by atoms with Crippen LogP contribution >= 0.6 is 0 Å². The molecule has 1 saturated heterocycles. The van der Waals surface area contributed by atoms with Crippen LogP contribution in [0.25, 0.3) is 0 Å². The predicted octanol–water partition coefficient (Wildman–Crippen LogP) is 2.93. The van der Waals surface area contributed by atoms with E-state index >= 15 is 0 Å². The number of nitro benzene ring substituents is 1. The topological polar surface area (TPSA) is 64.4 Å². The lowest BCUT2D eigenvalue weighted by Gasteiger charge is -2.24. The highest BCUT2D eigenvalue weighted by molar-refractivity contribution is 5.40. The summed E-state index contributed by atoms with van der Waals surface area (Å²) < 4.78 is 5.67. The highest BCUT2D eigenvalue weighted by Gasteiger charge is 2.30. The Bertz CT molecular complexity index is 478. The van der Waals surface area contributed by atoms with E-state index in [1.165, 1.54) is 0 Å². The van der Waals surface area contributed by atoms with Crippen LogP contribution in [0.4, 0.5) is 5.69 Å². The fraction of sp³-hybridized carbons (Fsp3) is 0.625. The van der Waals surface area contributed by atoms with Crippen LogP contribution in [-0.2, 0) is 11.2 Å². The summed E-state index contributed by atoms with van der Waals surface area (Å²) in [5.41, 5.74) is 1.02. The minimum Gasteiger partial charge on any atom is -0.378 e. The van der Waals surface area contributed by atoms with E-state index in [1.54, 1.807) is 12.1 Å². The van der Waals surface area contributed by atoms with E-state index in [9.17, 15) is 10.1 Å². The molecule has 0 amide bonds. The van der Waals surface area contributed by atoms with E-state index in [-0.39, 0.29) is 22.8 Å². The zero-order chi connectivity index (χ0) is 15.2. The Morgan fingerprint density at radius 1 is 1.48 bits per heavy atom. The van der Waals surface area contributed by atoms with E-state index < -0.39 is 0 Å². The minimum absolute atomic E-state index is 0.216. The molecule has 0 aliphatic carbocycles. The largest absolute Gasteiger partial charge is 0.378 e. The molecule has 1 fully saturated rings. The van der Waals surface area contributed by atoms with Crippen molar-refractivity contribution in [2.75, 3.05) is 13.2 Å². The molecule has 1 heterocycles. The second-order valence-electron chi connectivity index (χ2n) is 5.79. The van der Waals surface area contributed by atoms with Gasteiger partial charge in [-0.1, -0.05) is 25.1 Å². The Morgan fingerprint density at radius 3 is 2.86 bits per heavy atom. The molecular weight excluding hydrogens is 268 g/mol. The van der Waals surface area contributed by atoms with Crippen molar-refractivity contribution >= 4 is 5.69 Å². The van der Waals surface area contributed by atoms with Crippen LogP contribution in [0.2, 0.25) is 0 Å². The van der Waals surface area contributed by atoms with Crippen molar-refractivity contribution in [2.24, 2.45) is 5.92 Å². The van der Waals surface area contributed by atoms with Crippen molar-refractivity contribution in [3.8, 4) is 0 Å². The second-order valence-corrected chi connectivity index (χ2v) is 5.79. The molecule has 3 atom stereocenters. The zero-order valence-electron chi connectivity index (χ0n) is 12.7. The van der Waals surface area contributed by atoms with E-state index in [0.29, 0.717) is 12.3 Å². The molecule has 5 heteroatoms. The van der Waals surface area contributed by atoms with Crippen LogP contribution in [0.3, 0.4) is 0 Å². The standard InChI is InChI=1S/C16H24N2O3/c1-3-8-17-15(14-9-12(2)21-11-14)10-13-6-4-5-7-16(13)18(19)20/h4-7,12,14-15,17H,3,8-11H2,1-2H3. The molecule has 116 valence electrons. The molecule has 1 aliphatic rings. The van der Waals surface area contributed by atoms with Gasteiger partial charge in [-0.2, -0.15) is 0 Å². The first-order valence-electron chi connectivity index (χ1n) is 7.69. The summed E-state index contributed by atoms with van der Waals surface area (Å²) in [6.07, 6.45) is 3.03. The third kappa shape index (κ3) is 4.25. The maximum atomic E-state index is 11.2. The summed E-state index contributed by atoms with van der Waals surface area (Å²) in [6.45, 7) is 5.88. The molecule has 1 aliphatic heterocycles. The monoisotopic (exact) mass is 292 g/mol. The molecule has 0 aromatic heterocycles. The van der Waals surface area contributed by atoms with Crippen LogP contribution in [0.5, 0.6) is 0 Å². The smallest absolute Gasteiger partial charge is 0.272 e. The minimum atomic E-state index is -0.292. The number of rotatable bonds is 7. The van der Waals surface area contributed by atoms with Gasteiger partial charge in [-0.3, -0.25) is 10.1 Å². The van der Waals surface area contributed by atoms with Gasteiger partial charge in [0.25, 0.3) is 5.69 Å². The molecule has 2 rings (SSSR count). The Hall–Kier alpha value is -1.46. The van der Waals surface area contributed by atoms with E-state index in [1.807, 2.05) is 12.1 Å². The van der Waals surface area contributed by atoms with Crippen molar-refractivity contribution in [1.82, 2.24) is 5.32 Å². The number of ether oxygens (including phenoxy) is 1. The van der Waals surface area contributed by atoms with Gasteiger partial charge in [0.1, 0.15) is 0 Å². The molecule has 1 aromatic carbocycles. The number of para-hydroxylation sites is 1. The van der Waals surface area contributed by atoms with Gasteiger partial charge in [-0.15, -0.1) is 0 Å². The van der Waals surface area contributed by atoms with Crippen molar-refractivity contribution in [2.45, 2.75) is 45.3 Å². The number of hydrogen-bond donors (Lipinski definition) is 1. The average Bonchev–Trinajstić information content (AvgIpc) is 2.90. The lowest BCUT2D eigenvalue weighted by Crippen LogP contribution is -2.39. The molecule has 1 aromatic rings. The van der Waals surface area contributed by atoms with Gasteiger partial charge in [-0.05, 0) is 32.7 Å². The Labute approximate surface area is 125 Å². The number of hydrogen-bond acceptors (Lipinski definition) is 4. The van der Waals surface area contributed by atoms with Gasteiger partial charge in [0.15, 0.2) is 0 Å². The molecule has 0 spiro atoms. The van der Waals surface area contributed by atoms with Gasteiger partial charge >= 0.3 is 0 Å². The summed E-state index contributed by atoms with van der Waals surface area (Å²) in [5.74, 6) is 0.423. The highest BCUT2D eigenvalue weighted by atomic mass is 16.6. The van der Waals surface area contributed by atoms with Crippen molar-refractivity contribution in [3.63, 3.8) is 0 Å². The molecule has 0 saturated carbocycles. The first-order chi connectivity index (χ1) is 10.1. The highest BCUT2D eigenvalue weighted by Crippen LogP contribution is 2.27. The van der Waals surface area contributed by atoms with Crippen LogP contribution < -0.4 is 5.32 Å². The fourth-order valence-electron chi connectivity index (χ4n) is 2.96. The quantitative estimate of drug-likeness (QED) is 0.620. The van der Waals surface area contributed by atoms with Crippen molar-refractivity contribution < 1.29 is 9.66 Å². The van der Waals surface area contributed by atoms with Crippen LogP contribution in [0.1, 0.15) is 32.3 Å². The van der Waals surface area contributed by atoms with Crippen LogP contribution in [0.15, 0.2) is 24.3 Å². The summed E-state index contributed by atoms with van der Waals surface area (Å²) in [7, 11) is 0. The average molecular weight is 292 g/mol. The van der Waals surface area contributed by atoms with Gasteiger partial charge < -0.3 is 10.1 Å². The molecule has 21 heavy (non-hydrogen) atoms. The third-order valence-corrected chi connectivity index (χ3v) is 4.08. The van der Waals surface area contributed by atoms with Crippen LogP contribution in [-0.4, -0.2) is 30.2 Å². The van der Waals surface area contributed by atoms with E-state index in [0.717, 1.165) is 31.6 Å². The van der Waals surface area contributed by atoms with E-state index in [2.05, 4.69) is 19.2 Å². The molecule has 0 radical (unpaired) electrons. The first-order valence-corrected chi connectivity index (χ1v) is 7.69. The predicted molar refractivity (Wildman–Crippen MR) is 82.4 cm³/mol. The number of nitrogens with one attached hydrogen (secondary N) is 1. The summed E-state index contributed by atoms with van der Waals surface area (Å²) >= 11 is 0. The van der Waals surface area contributed by atoms with Crippen LogP contribution in [0, 0.1) is 16.0 Å². The summed E-state index contributed by atoms with van der Waals surface area (Å²) in [5, 5.41) is 14.7. The molecule has 0 bridgehead atoms. The normalized spacial score (nSPS) is 23.1. The first kappa shape index (κ1) is 15.9. The van der Waals surface area contributed by atoms with Gasteiger partial charge in [-0.25, -0.2) is 0 Å². The lowest BCUT2D eigenvalue weighted by atomic mass is 9.91. The van der Waals surface area contributed by atoms with Gasteiger partial charge in [0.2, 0.25) is 0 Å². The Balaban J connectivity index is 2.12. The summed E-state index contributed by atoms with van der Waals surface area (Å²) in [4.78, 5) is 10.9. The van der Waals surface area contributed by atoms with Crippen molar-refractivity contribution in [3.05, 3.63) is 39.9 Å². The Morgan fingerprint density at radius 2 is 2.24 bits per heavy atom. The van der Waals surface area contributed by atoms with E-state index in [4.69, 9.17) is 4.74 Å². The molecule has 1 N–H and O–H groups in total. The number of benzene rings is 1. The maximum absolute atomic E-state index is 11.2. The molecular formula is C16H24N2O3. The fourth-order valence-corrected chi connectivity index (χ4v) is 2.96. The SMILES string of the molecule is CCCNC(Cc1ccccc1[N+](=O)[O-])C1COC(C)C1. The van der Waals surface area contributed by atoms with Crippen molar-refractivity contribution in [1.29, 1.82) is 0 Å². The zero-order valence-corrected chi connectivity index (χ0v) is 12.7. The third-order valence-electron chi connectivity index (χ3n) is 4.08. The number of nitrogens with zero attached hydrogens (tertiary/aromatic N) is 1. The molecule has 5 nitrogen and oxygen atoms in total.